The van der Waals surface area contributed by atoms with Crippen LogP contribution in [0, 0.1) is 12.9 Å². The molecule has 0 atom stereocenters. The van der Waals surface area contributed by atoms with E-state index < -0.39 is 11.9 Å². The fraction of sp³-hybridized carbons (Fsp3) is 0.292. The molecule has 0 bridgehead atoms. The van der Waals surface area contributed by atoms with Crippen molar-refractivity contribution in [3.63, 3.8) is 0 Å². The summed E-state index contributed by atoms with van der Waals surface area (Å²) in [5.41, 5.74) is 4.39. The van der Waals surface area contributed by atoms with E-state index in [4.69, 9.17) is 4.84 Å². The second-order valence-corrected chi connectivity index (χ2v) is 7.32. The number of nitrogens with one attached hydrogen (secondary N) is 1. The highest BCUT2D eigenvalue weighted by Crippen LogP contribution is 2.29. The molecular formula is C24H27FN4O2. The van der Waals surface area contributed by atoms with E-state index in [1.165, 1.54) is 7.05 Å². The van der Waals surface area contributed by atoms with E-state index in [0.717, 1.165) is 39.9 Å². The van der Waals surface area contributed by atoms with Crippen molar-refractivity contribution in [3.8, 4) is 11.1 Å². The Kier molecular flexibility index (Phi) is 7.18. The summed E-state index contributed by atoms with van der Waals surface area (Å²) in [6.45, 7) is 6.22. The van der Waals surface area contributed by atoms with Crippen LogP contribution in [0.5, 0.6) is 0 Å². The number of para-hydroxylation sites is 1. The molecular weight excluding hydrogens is 395 g/mol. The number of anilines is 1. The Labute approximate surface area is 181 Å². The summed E-state index contributed by atoms with van der Waals surface area (Å²) in [4.78, 5) is 18.0. The number of aryl methyl sites for hydroxylation is 2. The summed E-state index contributed by atoms with van der Waals surface area (Å²) < 4.78 is 15.3. The lowest BCUT2D eigenvalue weighted by molar-refractivity contribution is 0.102. The van der Waals surface area contributed by atoms with Gasteiger partial charge in [0.2, 0.25) is 5.95 Å². The van der Waals surface area contributed by atoms with Gasteiger partial charge < -0.3 is 10.2 Å². The Morgan fingerprint density at radius 2 is 1.90 bits per heavy atom. The Balaban J connectivity index is 1.81. The van der Waals surface area contributed by atoms with E-state index in [0.29, 0.717) is 18.0 Å². The number of oxime groups is 1. The molecule has 0 aliphatic heterocycles. The Morgan fingerprint density at radius 3 is 2.55 bits per heavy atom. The van der Waals surface area contributed by atoms with Crippen LogP contribution in [0.4, 0.5) is 10.1 Å². The molecule has 0 saturated heterocycles. The predicted octanol–water partition coefficient (Wildman–Crippen LogP) is 5.33. The highest BCUT2D eigenvalue weighted by atomic mass is 19.1. The van der Waals surface area contributed by atoms with E-state index in [2.05, 4.69) is 22.5 Å². The summed E-state index contributed by atoms with van der Waals surface area (Å²) >= 11 is 0. The van der Waals surface area contributed by atoms with Gasteiger partial charge in [0.1, 0.15) is 12.2 Å². The Morgan fingerprint density at radius 1 is 1.19 bits per heavy atom. The fourth-order valence-corrected chi connectivity index (χ4v) is 3.21. The molecule has 0 unspecified atom stereocenters. The number of aromatic nitrogens is 2. The molecule has 2 aromatic carbocycles. The fourth-order valence-electron chi connectivity index (χ4n) is 3.21. The summed E-state index contributed by atoms with van der Waals surface area (Å²) in [5, 5.41) is 11.0. The third-order valence-electron chi connectivity index (χ3n) is 4.96. The molecule has 1 amide bonds. The second-order valence-electron chi connectivity index (χ2n) is 7.32. The predicted molar refractivity (Wildman–Crippen MR) is 121 cm³/mol. The van der Waals surface area contributed by atoms with Crippen LogP contribution >= 0.6 is 0 Å². The zero-order valence-corrected chi connectivity index (χ0v) is 18.3. The Hall–Kier alpha value is -3.48. The molecule has 1 aromatic heterocycles. The SMILES string of the molecule is CCCCON=C(C)c1ccc(-c2ccccc2NC(=O)c2c(C)nn(C)c2F)cc1. The van der Waals surface area contributed by atoms with Gasteiger partial charge in [-0.15, -0.1) is 0 Å². The van der Waals surface area contributed by atoms with Crippen molar-refractivity contribution in [2.75, 3.05) is 11.9 Å². The molecule has 3 aromatic rings. The number of amides is 1. The molecule has 6 nitrogen and oxygen atoms in total. The highest BCUT2D eigenvalue weighted by molar-refractivity contribution is 6.07. The minimum Gasteiger partial charge on any atom is -0.396 e. The topological polar surface area (TPSA) is 68.5 Å². The van der Waals surface area contributed by atoms with E-state index in [-0.39, 0.29) is 5.56 Å². The van der Waals surface area contributed by atoms with Gasteiger partial charge in [0.25, 0.3) is 5.91 Å². The van der Waals surface area contributed by atoms with E-state index in [1.54, 1.807) is 13.0 Å². The number of halogens is 1. The van der Waals surface area contributed by atoms with Gasteiger partial charge in [0, 0.05) is 18.3 Å². The molecule has 0 aliphatic carbocycles. The number of rotatable bonds is 8. The van der Waals surface area contributed by atoms with Gasteiger partial charge in [-0.3, -0.25) is 4.79 Å². The van der Waals surface area contributed by atoms with Crippen LogP contribution in [0.2, 0.25) is 0 Å². The van der Waals surface area contributed by atoms with Crippen LogP contribution in [0.1, 0.15) is 48.3 Å². The summed E-state index contributed by atoms with van der Waals surface area (Å²) in [6.07, 6.45) is 2.03. The molecule has 162 valence electrons. The normalized spacial score (nSPS) is 11.5. The molecule has 3 rings (SSSR count). The van der Waals surface area contributed by atoms with Crippen LogP contribution in [0.3, 0.4) is 0 Å². The summed E-state index contributed by atoms with van der Waals surface area (Å²) in [6, 6.07) is 15.3. The molecule has 0 fully saturated rings. The third-order valence-corrected chi connectivity index (χ3v) is 4.96. The van der Waals surface area contributed by atoms with E-state index in [9.17, 15) is 9.18 Å². The summed E-state index contributed by atoms with van der Waals surface area (Å²) in [7, 11) is 1.47. The van der Waals surface area contributed by atoms with Crippen LogP contribution in [0.15, 0.2) is 53.7 Å². The average Bonchev–Trinajstić information content (AvgIpc) is 3.03. The zero-order valence-electron chi connectivity index (χ0n) is 18.3. The number of carbonyl (C=O) groups excluding carboxylic acids is 1. The van der Waals surface area contributed by atoms with E-state index in [1.807, 2.05) is 49.4 Å². The monoisotopic (exact) mass is 422 g/mol. The lowest BCUT2D eigenvalue weighted by Crippen LogP contribution is -2.15. The van der Waals surface area contributed by atoms with Gasteiger partial charge in [0.15, 0.2) is 0 Å². The van der Waals surface area contributed by atoms with Gasteiger partial charge in [-0.2, -0.15) is 9.49 Å². The van der Waals surface area contributed by atoms with Gasteiger partial charge >= 0.3 is 0 Å². The van der Waals surface area contributed by atoms with Crippen molar-refractivity contribution in [1.29, 1.82) is 0 Å². The first-order valence-corrected chi connectivity index (χ1v) is 10.3. The van der Waals surface area contributed by atoms with E-state index >= 15 is 0 Å². The second kappa shape index (κ2) is 10.0. The van der Waals surface area contributed by atoms with Gasteiger partial charge in [-0.1, -0.05) is 61.0 Å². The average molecular weight is 423 g/mol. The Bertz CT molecular complexity index is 1090. The standard InChI is InChI=1S/C24H27FN4O2/c1-5-6-15-31-28-16(2)18-11-13-19(14-12-18)20-9-7-8-10-21(20)26-24(30)22-17(3)27-29(4)23(22)25/h7-14H,5-6,15H2,1-4H3,(H,26,30). The maximum Gasteiger partial charge on any atom is 0.262 e. The lowest BCUT2D eigenvalue weighted by atomic mass is 10.0. The first kappa shape index (κ1) is 22.2. The zero-order chi connectivity index (χ0) is 22.4. The molecule has 31 heavy (non-hydrogen) atoms. The van der Waals surface area contributed by atoms with Crippen LogP contribution in [-0.4, -0.2) is 28.0 Å². The maximum atomic E-state index is 14.3. The first-order valence-electron chi connectivity index (χ1n) is 10.3. The number of unbranched alkanes of at least 4 members (excludes halogenated alkanes) is 1. The highest BCUT2D eigenvalue weighted by Gasteiger charge is 2.21. The maximum absolute atomic E-state index is 14.3. The number of nitrogens with zero attached hydrogens (tertiary/aromatic N) is 3. The molecule has 1 heterocycles. The van der Waals surface area contributed by atoms with Gasteiger partial charge in [-0.05, 0) is 37.5 Å². The molecule has 0 radical (unpaired) electrons. The van der Waals surface area contributed by atoms with Crippen molar-refractivity contribution >= 4 is 17.3 Å². The van der Waals surface area contributed by atoms with Crippen molar-refractivity contribution < 1.29 is 14.0 Å². The third kappa shape index (κ3) is 5.17. The van der Waals surface area contributed by atoms with Crippen molar-refractivity contribution in [2.24, 2.45) is 12.2 Å². The number of hydrogen-bond acceptors (Lipinski definition) is 4. The van der Waals surface area contributed by atoms with Crippen LogP contribution in [-0.2, 0) is 11.9 Å². The molecule has 0 spiro atoms. The summed E-state index contributed by atoms with van der Waals surface area (Å²) in [5.74, 6) is -1.19. The molecule has 0 saturated carbocycles. The number of benzene rings is 2. The minimum absolute atomic E-state index is 0.0532. The molecule has 0 aliphatic rings. The van der Waals surface area contributed by atoms with Gasteiger partial charge in [-0.25, -0.2) is 4.68 Å². The number of carbonyl (C=O) groups is 1. The van der Waals surface area contributed by atoms with Crippen molar-refractivity contribution in [2.45, 2.75) is 33.6 Å². The van der Waals surface area contributed by atoms with Crippen molar-refractivity contribution in [1.82, 2.24) is 9.78 Å². The molecule has 1 N–H and O–H groups in total. The van der Waals surface area contributed by atoms with Crippen LogP contribution in [0.25, 0.3) is 11.1 Å². The smallest absolute Gasteiger partial charge is 0.262 e. The lowest BCUT2D eigenvalue weighted by Gasteiger charge is -2.12. The van der Waals surface area contributed by atoms with Crippen molar-refractivity contribution in [3.05, 3.63) is 71.3 Å². The quantitative estimate of drug-likeness (QED) is 0.303. The largest absolute Gasteiger partial charge is 0.396 e. The first-order chi connectivity index (χ1) is 14.9. The number of hydrogen-bond donors (Lipinski definition) is 1. The minimum atomic E-state index is -0.659. The molecule has 7 heteroatoms. The van der Waals surface area contributed by atoms with Gasteiger partial charge in [0.05, 0.1) is 11.4 Å². The van der Waals surface area contributed by atoms with Crippen LogP contribution < -0.4 is 5.32 Å².